The fourth-order valence-electron chi connectivity index (χ4n) is 1.74. The predicted octanol–water partition coefficient (Wildman–Crippen LogP) is 1.48. The summed E-state index contributed by atoms with van der Waals surface area (Å²) in [7, 11) is 6.63. The fourth-order valence-corrected chi connectivity index (χ4v) is 1.74. The van der Waals surface area contributed by atoms with Gasteiger partial charge in [0.25, 0.3) is 0 Å². The molecule has 0 N–H and O–H groups in total. The van der Waals surface area contributed by atoms with Gasteiger partial charge in [-0.1, -0.05) is 0 Å². The molecule has 0 aromatic heterocycles. The van der Waals surface area contributed by atoms with Crippen molar-refractivity contribution < 1.29 is 4.48 Å². The highest BCUT2D eigenvalue weighted by molar-refractivity contribution is 5.93. The lowest BCUT2D eigenvalue weighted by atomic mass is 10.0. The Bertz CT molecular complexity index is 220. The van der Waals surface area contributed by atoms with Crippen LogP contribution in [0.4, 0.5) is 0 Å². The van der Waals surface area contributed by atoms with E-state index in [1.165, 1.54) is 0 Å². The number of nitrogens with zero attached hydrogens (tertiary/aromatic N) is 2. The number of allylic oxidation sites excluding steroid dienone is 1. The van der Waals surface area contributed by atoms with E-state index in [0.717, 1.165) is 10.2 Å². The number of hydrogen-bond acceptors (Lipinski definition) is 1. The van der Waals surface area contributed by atoms with E-state index in [1.807, 2.05) is 0 Å². The first-order chi connectivity index (χ1) is 5.41. The van der Waals surface area contributed by atoms with Crippen molar-refractivity contribution in [1.29, 1.82) is 0 Å². The first-order valence-electron chi connectivity index (χ1n) is 4.45. The second kappa shape index (κ2) is 3.02. The third-order valence-corrected chi connectivity index (χ3v) is 2.33. The third kappa shape index (κ3) is 1.95. The summed E-state index contributed by atoms with van der Waals surface area (Å²) in [5.74, 6) is 0. The van der Waals surface area contributed by atoms with Gasteiger partial charge in [0.1, 0.15) is 12.1 Å². The van der Waals surface area contributed by atoms with Crippen molar-refractivity contribution in [3.05, 3.63) is 12.2 Å². The van der Waals surface area contributed by atoms with Crippen molar-refractivity contribution >= 4 is 5.71 Å². The molecule has 0 aromatic rings. The monoisotopic (exact) mass is 167 g/mol. The number of hydrogen-bond donors (Lipinski definition) is 0. The van der Waals surface area contributed by atoms with Gasteiger partial charge in [-0.25, -0.2) is 0 Å². The van der Waals surface area contributed by atoms with Gasteiger partial charge in [-0.05, 0) is 26.0 Å². The van der Waals surface area contributed by atoms with Gasteiger partial charge in [-0.15, -0.1) is 0 Å². The molecule has 2 atom stereocenters. The molecule has 2 unspecified atom stereocenters. The number of quaternary nitrogens is 1. The highest BCUT2D eigenvalue weighted by atomic mass is 15.3. The molecule has 1 rings (SSSR count). The van der Waals surface area contributed by atoms with Crippen molar-refractivity contribution in [1.82, 2.24) is 0 Å². The molecule has 68 valence electrons. The molecule has 0 aliphatic carbocycles. The molecule has 1 aliphatic rings. The quantitative estimate of drug-likeness (QED) is 0.525. The Morgan fingerprint density at radius 3 is 2.33 bits per heavy atom. The minimum absolute atomic E-state index is 0.412. The van der Waals surface area contributed by atoms with E-state index in [4.69, 9.17) is 0 Å². The van der Waals surface area contributed by atoms with Crippen molar-refractivity contribution in [2.24, 2.45) is 4.99 Å². The first-order valence-corrected chi connectivity index (χ1v) is 4.45. The molecule has 0 saturated heterocycles. The summed E-state index contributed by atoms with van der Waals surface area (Å²) in [5.41, 5.74) is 1.15. The number of aliphatic imine (C=N–C) groups is 1. The SMILES string of the molecule is CC1=NC(C)C([N+](C)(C)C)C=C1. The summed E-state index contributed by atoms with van der Waals surface area (Å²) in [4.78, 5) is 4.54. The first kappa shape index (κ1) is 9.46. The second-order valence-corrected chi connectivity index (χ2v) is 4.48. The zero-order valence-electron chi connectivity index (χ0n) is 8.70. The molecule has 0 saturated carbocycles. The molecule has 2 nitrogen and oxygen atoms in total. The summed E-state index contributed by atoms with van der Waals surface area (Å²) >= 11 is 0. The van der Waals surface area contributed by atoms with Gasteiger partial charge in [0.05, 0.1) is 21.1 Å². The average molecular weight is 167 g/mol. The van der Waals surface area contributed by atoms with Crippen LogP contribution in [0.5, 0.6) is 0 Å². The maximum atomic E-state index is 4.54. The lowest BCUT2D eigenvalue weighted by Crippen LogP contribution is -2.50. The predicted molar refractivity (Wildman–Crippen MR) is 53.5 cm³/mol. The van der Waals surface area contributed by atoms with Crippen molar-refractivity contribution in [3.8, 4) is 0 Å². The van der Waals surface area contributed by atoms with Crippen molar-refractivity contribution in [3.63, 3.8) is 0 Å². The molecule has 0 spiro atoms. The largest absolute Gasteiger partial charge is 0.323 e. The molecule has 0 amide bonds. The van der Waals surface area contributed by atoms with Crippen LogP contribution in [0.2, 0.25) is 0 Å². The molecule has 1 aliphatic heterocycles. The van der Waals surface area contributed by atoms with Crippen LogP contribution in [0, 0.1) is 0 Å². The summed E-state index contributed by atoms with van der Waals surface area (Å²) in [5, 5.41) is 0. The minimum atomic E-state index is 0.412. The van der Waals surface area contributed by atoms with Gasteiger partial charge < -0.3 is 4.48 Å². The highest BCUT2D eigenvalue weighted by Gasteiger charge is 2.28. The topological polar surface area (TPSA) is 12.4 Å². The molecule has 0 bridgehead atoms. The fraction of sp³-hybridized carbons (Fsp3) is 0.700. The maximum absolute atomic E-state index is 4.54. The Morgan fingerprint density at radius 1 is 1.33 bits per heavy atom. The molecule has 12 heavy (non-hydrogen) atoms. The Labute approximate surface area is 75.2 Å². The maximum Gasteiger partial charge on any atom is 0.130 e. The smallest absolute Gasteiger partial charge is 0.130 e. The Morgan fingerprint density at radius 2 is 1.92 bits per heavy atom. The lowest BCUT2D eigenvalue weighted by molar-refractivity contribution is -0.890. The summed E-state index contributed by atoms with van der Waals surface area (Å²) in [6.07, 6.45) is 4.39. The number of likely N-dealkylation sites (N-methyl/N-ethyl adjacent to an activating group) is 1. The van der Waals surface area contributed by atoms with Crippen LogP contribution < -0.4 is 0 Å². The van der Waals surface area contributed by atoms with Crippen LogP contribution in [0.25, 0.3) is 0 Å². The number of dihydropyridines is 1. The zero-order chi connectivity index (χ0) is 9.35. The Kier molecular flexibility index (Phi) is 2.38. The van der Waals surface area contributed by atoms with E-state index in [9.17, 15) is 0 Å². The van der Waals surface area contributed by atoms with E-state index in [1.54, 1.807) is 0 Å². The van der Waals surface area contributed by atoms with E-state index in [0.29, 0.717) is 12.1 Å². The van der Waals surface area contributed by atoms with E-state index in [-0.39, 0.29) is 0 Å². The Hall–Kier alpha value is -0.630. The van der Waals surface area contributed by atoms with Gasteiger partial charge in [-0.2, -0.15) is 0 Å². The van der Waals surface area contributed by atoms with E-state index >= 15 is 0 Å². The standard InChI is InChI=1S/C10H19N2/c1-8-6-7-10(9(2)11-8)12(3,4)5/h6-7,9-10H,1-5H3/q+1. The zero-order valence-corrected chi connectivity index (χ0v) is 8.70. The molecule has 2 heteroatoms. The van der Waals surface area contributed by atoms with Gasteiger partial charge in [-0.3, -0.25) is 4.99 Å². The second-order valence-electron chi connectivity index (χ2n) is 4.48. The number of rotatable bonds is 1. The van der Waals surface area contributed by atoms with Crippen LogP contribution in [0.3, 0.4) is 0 Å². The van der Waals surface area contributed by atoms with Crippen LogP contribution >= 0.6 is 0 Å². The Balaban J connectivity index is 2.80. The molecule has 1 heterocycles. The van der Waals surface area contributed by atoms with Crippen LogP contribution in [-0.4, -0.2) is 43.4 Å². The van der Waals surface area contributed by atoms with E-state index in [2.05, 4.69) is 52.1 Å². The van der Waals surface area contributed by atoms with Gasteiger partial charge in [0.15, 0.2) is 0 Å². The normalized spacial score (nSPS) is 30.2. The van der Waals surface area contributed by atoms with Crippen molar-refractivity contribution in [2.75, 3.05) is 21.1 Å². The van der Waals surface area contributed by atoms with Gasteiger partial charge in [0.2, 0.25) is 0 Å². The molecular formula is C10H19N2+. The van der Waals surface area contributed by atoms with Crippen LogP contribution in [0.15, 0.2) is 17.1 Å². The summed E-state index contributed by atoms with van der Waals surface area (Å²) in [6, 6.07) is 0.934. The summed E-state index contributed by atoms with van der Waals surface area (Å²) in [6.45, 7) is 4.24. The van der Waals surface area contributed by atoms with Crippen LogP contribution in [0.1, 0.15) is 13.8 Å². The molecule has 0 fully saturated rings. The van der Waals surface area contributed by atoms with E-state index < -0.39 is 0 Å². The lowest BCUT2D eigenvalue weighted by Gasteiger charge is -2.36. The van der Waals surface area contributed by atoms with Crippen LogP contribution in [-0.2, 0) is 0 Å². The molecular weight excluding hydrogens is 148 g/mol. The van der Waals surface area contributed by atoms with Gasteiger partial charge >= 0.3 is 0 Å². The third-order valence-electron chi connectivity index (χ3n) is 2.33. The highest BCUT2D eigenvalue weighted by Crippen LogP contribution is 2.16. The average Bonchev–Trinajstić information content (AvgIpc) is 1.83. The molecule has 0 aromatic carbocycles. The van der Waals surface area contributed by atoms with Crippen molar-refractivity contribution in [2.45, 2.75) is 25.9 Å². The van der Waals surface area contributed by atoms with Gasteiger partial charge in [0, 0.05) is 5.71 Å². The minimum Gasteiger partial charge on any atom is -0.323 e. The summed E-state index contributed by atoms with van der Waals surface area (Å²) < 4.78 is 0.953. The molecule has 0 radical (unpaired) electrons.